The van der Waals surface area contributed by atoms with E-state index in [0.29, 0.717) is 6.42 Å². The number of sulfonamides is 1. The van der Waals surface area contributed by atoms with Gasteiger partial charge in [-0.05, 0) is 37.1 Å². The van der Waals surface area contributed by atoms with Crippen molar-refractivity contribution in [3.8, 4) is 0 Å². The van der Waals surface area contributed by atoms with Gasteiger partial charge in [0.15, 0.2) is 0 Å². The van der Waals surface area contributed by atoms with Gasteiger partial charge in [-0.1, -0.05) is 6.92 Å². The summed E-state index contributed by atoms with van der Waals surface area (Å²) in [5, 5.41) is 8.85. The number of carboxylic acids is 1. The Kier molecular flexibility index (Phi) is 5.02. The molecule has 0 aromatic heterocycles. The maximum absolute atomic E-state index is 12.9. The van der Waals surface area contributed by atoms with E-state index in [9.17, 15) is 17.6 Å². The van der Waals surface area contributed by atoms with Crippen LogP contribution in [0.3, 0.4) is 0 Å². The van der Waals surface area contributed by atoms with Gasteiger partial charge in [-0.3, -0.25) is 4.79 Å². The molecule has 1 rings (SSSR count). The van der Waals surface area contributed by atoms with Gasteiger partial charge in [0, 0.05) is 6.54 Å². The fraction of sp³-hybridized carbons (Fsp3) is 0.417. The third-order valence-electron chi connectivity index (χ3n) is 2.79. The average molecular weight is 289 g/mol. The molecular formula is C12H16FNO4S. The number of nitrogens with one attached hydrogen (secondary N) is 1. The van der Waals surface area contributed by atoms with E-state index in [1.807, 2.05) is 0 Å². The molecule has 106 valence electrons. The van der Waals surface area contributed by atoms with Gasteiger partial charge in [0.25, 0.3) is 0 Å². The van der Waals surface area contributed by atoms with Crippen LogP contribution in [0.5, 0.6) is 0 Å². The van der Waals surface area contributed by atoms with Crippen molar-refractivity contribution in [2.75, 3.05) is 6.54 Å². The summed E-state index contributed by atoms with van der Waals surface area (Å²) < 4.78 is 39.1. The summed E-state index contributed by atoms with van der Waals surface area (Å²) in [4.78, 5) is 10.8. The Hall–Kier alpha value is -1.47. The predicted molar refractivity (Wildman–Crippen MR) is 67.7 cm³/mol. The minimum atomic E-state index is -3.83. The molecule has 2 N–H and O–H groups in total. The lowest BCUT2D eigenvalue weighted by atomic mass is 10.1. The minimum Gasteiger partial charge on any atom is -0.481 e. The SMILES string of the molecule is CCC(CNS(=O)(=O)c1ccc(F)cc1C)C(=O)O. The van der Waals surface area contributed by atoms with Crippen molar-refractivity contribution >= 4 is 16.0 Å². The summed E-state index contributed by atoms with van der Waals surface area (Å²) in [6.07, 6.45) is 0.320. The Morgan fingerprint density at radius 1 is 1.47 bits per heavy atom. The zero-order valence-corrected chi connectivity index (χ0v) is 11.5. The molecule has 0 saturated heterocycles. The van der Waals surface area contributed by atoms with Crippen LogP contribution in [0.1, 0.15) is 18.9 Å². The topological polar surface area (TPSA) is 83.5 Å². The lowest BCUT2D eigenvalue weighted by Crippen LogP contribution is -2.33. The molecule has 0 bridgehead atoms. The first-order valence-electron chi connectivity index (χ1n) is 5.76. The highest BCUT2D eigenvalue weighted by Gasteiger charge is 2.21. The number of hydrogen-bond donors (Lipinski definition) is 2. The third kappa shape index (κ3) is 4.00. The largest absolute Gasteiger partial charge is 0.481 e. The molecule has 0 heterocycles. The Bertz CT molecular complexity index is 571. The van der Waals surface area contributed by atoms with Gasteiger partial charge in [0.2, 0.25) is 10.0 Å². The van der Waals surface area contributed by atoms with E-state index >= 15 is 0 Å². The van der Waals surface area contributed by atoms with Gasteiger partial charge in [-0.25, -0.2) is 17.5 Å². The highest BCUT2D eigenvalue weighted by atomic mass is 32.2. The molecule has 5 nitrogen and oxygen atoms in total. The van der Waals surface area contributed by atoms with E-state index < -0.39 is 27.7 Å². The molecule has 7 heteroatoms. The third-order valence-corrected chi connectivity index (χ3v) is 4.37. The zero-order valence-electron chi connectivity index (χ0n) is 10.7. The van der Waals surface area contributed by atoms with Gasteiger partial charge < -0.3 is 5.11 Å². The molecule has 0 radical (unpaired) electrons. The van der Waals surface area contributed by atoms with Crippen LogP contribution in [0.2, 0.25) is 0 Å². The summed E-state index contributed by atoms with van der Waals surface area (Å²) in [5.74, 6) is -2.36. The second-order valence-corrected chi connectivity index (χ2v) is 5.94. The molecule has 0 aliphatic rings. The molecule has 0 saturated carbocycles. The van der Waals surface area contributed by atoms with Crippen molar-refractivity contribution in [2.24, 2.45) is 5.92 Å². The number of aryl methyl sites for hydroxylation is 1. The van der Waals surface area contributed by atoms with Crippen LogP contribution in [0.4, 0.5) is 4.39 Å². The molecule has 0 fully saturated rings. The lowest BCUT2D eigenvalue weighted by Gasteiger charge is -2.13. The summed E-state index contributed by atoms with van der Waals surface area (Å²) in [6.45, 7) is 2.95. The maximum Gasteiger partial charge on any atom is 0.307 e. The summed E-state index contributed by atoms with van der Waals surface area (Å²) in [5.41, 5.74) is 0.274. The number of aliphatic carboxylic acids is 1. The molecule has 0 aliphatic carbocycles. The van der Waals surface area contributed by atoms with Crippen molar-refractivity contribution in [3.05, 3.63) is 29.6 Å². The zero-order chi connectivity index (χ0) is 14.6. The second kappa shape index (κ2) is 6.12. The van der Waals surface area contributed by atoms with Gasteiger partial charge in [-0.15, -0.1) is 0 Å². The van der Waals surface area contributed by atoms with Crippen LogP contribution >= 0.6 is 0 Å². The molecule has 1 aromatic rings. The number of halogens is 1. The number of rotatable bonds is 6. The molecule has 1 unspecified atom stereocenters. The van der Waals surface area contributed by atoms with Crippen LogP contribution in [0.15, 0.2) is 23.1 Å². The van der Waals surface area contributed by atoms with Crippen LogP contribution in [-0.4, -0.2) is 26.0 Å². The first-order valence-corrected chi connectivity index (χ1v) is 7.25. The maximum atomic E-state index is 12.9. The molecule has 1 aromatic carbocycles. The Balaban J connectivity index is 2.90. The average Bonchev–Trinajstić information content (AvgIpc) is 2.28. The van der Waals surface area contributed by atoms with E-state index in [0.717, 1.165) is 18.2 Å². The second-order valence-electron chi connectivity index (χ2n) is 4.21. The monoisotopic (exact) mass is 289 g/mol. The number of benzene rings is 1. The predicted octanol–water partition coefficient (Wildman–Crippen LogP) is 1.52. The number of carbonyl (C=O) groups is 1. The fourth-order valence-electron chi connectivity index (χ4n) is 1.61. The summed E-state index contributed by atoms with van der Waals surface area (Å²) in [6, 6.07) is 3.33. The fourth-order valence-corrected chi connectivity index (χ4v) is 2.91. The van der Waals surface area contributed by atoms with Crippen LogP contribution in [0.25, 0.3) is 0 Å². The first-order chi connectivity index (χ1) is 8.77. The Labute approximate surface area is 111 Å². The normalized spacial score (nSPS) is 13.2. The van der Waals surface area contributed by atoms with Crippen molar-refractivity contribution in [1.82, 2.24) is 4.72 Å². The van der Waals surface area contributed by atoms with Gasteiger partial charge >= 0.3 is 5.97 Å². The van der Waals surface area contributed by atoms with Gasteiger partial charge in [-0.2, -0.15) is 0 Å². The van der Waals surface area contributed by atoms with E-state index in [2.05, 4.69) is 4.72 Å². The number of carboxylic acid groups (broad SMARTS) is 1. The van der Waals surface area contributed by atoms with Crippen molar-refractivity contribution in [3.63, 3.8) is 0 Å². The van der Waals surface area contributed by atoms with Crippen molar-refractivity contribution in [2.45, 2.75) is 25.2 Å². The van der Waals surface area contributed by atoms with Gasteiger partial charge in [0.05, 0.1) is 10.8 Å². The van der Waals surface area contributed by atoms with Crippen molar-refractivity contribution in [1.29, 1.82) is 0 Å². The molecule has 0 spiro atoms. The van der Waals surface area contributed by atoms with E-state index in [1.165, 1.54) is 6.92 Å². The summed E-state index contributed by atoms with van der Waals surface area (Å²) >= 11 is 0. The molecule has 1 atom stereocenters. The smallest absolute Gasteiger partial charge is 0.307 e. The summed E-state index contributed by atoms with van der Waals surface area (Å²) in [7, 11) is -3.83. The first kappa shape index (κ1) is 15.6. The standard InChI is InChI=1S/C12H16FNO4S/c1-3-9(12(15)16)7-14-19(17,18)11-5-4-10(13)6-8(11)2/h4-6,9,14H,3,7H2,1-2H3,(H,15,16). The quantitative estimate of drug-likeness (QED) is 0.831. The van der Waals surface area contributed by atoms with Gasteiger partial charge in [0.1, 0.15) is 5.82 Å². The van der Waals surface area contributed by atoms with Crippen molar-refractivity contribution < 1.29 is 22.7 Å². The Morgan fingerprint density at radius 3 is 2.58 bits per heavy atom. The lowest BCUT2D eigenvalue weighted by molar-refractivity contribution is -0.141. The molecule has 0 aliphatic heterocycles. The number of hydrogen-bond acceptors (Lipinski definition) is 3. The van der Waals surface area contributed by atoms with E-state index in [-0.39, 0.29) is 17.0 Å². The van der Waals surface area contributed by atoms with E-state index in [4.69, 9.17) is 5.11 Å². The minimum absolute atomic E-state index is 0.0471. The van der Waals surface area contributed by atoms with E-state index in [1.54, 1.807) is 6.92 Å². The van der Waals surface area contributed by atoms with Crippen LogP contribution in [0, 0.1) is 18.7 Å². The Morgan fingerprint density at radius 2 is 2.11 bits per heavy atom. The molecular weight excluding hydrogens is 273 g/mol. The molecule has 0 amide bonds. The highest BCUT2D eigenvalue weighted by molar-refractivity contribution is 7.89. The molecule has 19 heavy (non-hydrogen) atoms. The van der Waals surface area contributed by atoms with Crippen LogP contribution < -0.4 is 4.72 Å². The highest BCUT2D eigenvalue weighted by Crippen LogP contribution is 2.16. The van der Waals surface area contributed by atoms with Crippen LogP contribution in [-0.2, 0) is 14.8 Å².